The Bertz CT molecular complexity index is 3290. The summed E-state index contributed by atoms with van der Waals surface area (Å²) in [6.45, 7) is 2.03. The summed E-state index contributed by atoms with van der Waals surface area (Å²) in [5.41, 5.74) is 24.7. The second-order valence-corrected chi connectivity index (χ2v) is 19.2. The van der Waals surface area contributed by atoms with Gasteiger partial charge in [0.05, 0.1) is 17.1 Å². The average Bonchev–Trinajstić information content (AvgIpc) is 3.76. The molecule has 37 rings (SSSR count). The van der Waals surface area contributed by atoms with Crippen molar-refractivity contribution in [3.63, 3.8) is 0 Å². The third-order valence-corrected chi connectivity index (χ3v) is 14.4. The van der Waals surface area contributed by atoms with Gasteiger partial charge in [-0.15, -0.1) is 0 Å². The Labute approximate surface area is 399 Å². The molecule has 0 amide bonds. The Morgan fingerprint density at radius 1 is 0.353 bits per heavy atom. The zero-order chi connectivity index (χ0) is 45.4. The van der Waals surface area contributed by atoms with E-state index in [1.165, 1.54) is 66.8 Å². The molecule has 0 N–H and O–H groups in total. The molecule has 5 heteroatoms. The van der Waals surface area contributed by atoms with Crippen LogP contribution in [-0.2, 0) is 77.0 Å². The van der Waals surface area contributed by atoms with Crippen molar-refractivity contribution in [3.05, 3.63) is 237 Å². The molecule has 0 saturated carbocycles. The van der Waals surface area contributed by atoms with Gasteiger partial charge in [-0.2, -0.15) is 0 Å². The highest BCUT2D eigenvalue weighted by Gasteiger charge is 2.19. The lowest BCUT2D eigenvalue weighted by atomic mass is 9.92. The fraction of sp³-hybridized carbons (Fsp3) is 0.206. The van der Waals surface area contributed by atoms with Crippen molar-refractivity contribution in [3.8, 4) is 33.8 Å². The van der Waals surface area contributed by atoms with Crippen LogP contribution in [0.25, 0.3) is 55.8 Å². The van der Waals surface area contributed by atoms with Crippen molar-refractivity contribution in [2.45, 2.75) is 84.0 Å². The second-order valence-electron chi connectivity index (χ2n) is 19.2. The van der Waals surface area contributed by atoms with Crippen molar-refractivity contribution in [1.82, 2.24) is 19.9 Å². The summed E-state index contributed by atoms with van der Waals surface area (Å²) in [6, 6.07) is 54.8. The summed E-state index contributed by atoms with van der Waals surface area (Å²) in [4.78, 5) is 19.9. The van der Waals surface area contributed by atoms with Crippen molar-refractivity contribution < 1.29 is 4.42 Å². The van der Waals surface area contributed by atoms with E-state index in [4.69, 9.17) is 24.4 Å². The van der Waals surface area contributed by atoms with E-state index in [0.717, 1.165) is 133 Å². The first-order valence-electron chi connectivity index (χ1n) is 24.6. The minimum atomic E-state index is 0.683. The van der Waals surface area contributed by atoms with Gasteiger partial charge < -0.3 is 4.42 Å². The Morgan fingerprint density at radius 2 is 0.750 bits per heavy atom. The lowest BCUT2D eigenvalue weighted by molar-refractivity contribution is 0.653. The van der Waals surface area contributed by atoms with Crippen LogP contribution >= 0.6 is 0 Å². The third kappa shape index (κ3) is 9.01. The van der Waals surface area contributed by atoms with Crippen molar-refractivity contribution in [2.75, 3.05) is 0 Å². The standard InChI is InChI=1S/C63H54N4O/c1-41-2-27-57-61-55-25-17-52-36-47-8-3-42-13-21-53(22-14-42)58-29-18-44(38-64-58)5-10-49-33-50(11-6-45-19-30-59(65-39-45)54-23-15-43(16-24-54)4-9-48(32-47)37-52)35-51(34-49)12-7-46-20-31-60(66-40-46)56(28-26-55)62(61)68-63(57)67-41/h2,13-16,18-24,26-40H,3-12,17,25H2,1H3. The monoisotopic (exact) mass is 882 g/mol. The van der Waals surface area contributed by atoms with Crippen LogP contribution in [0.1, 0.15) is 72.5 Å². The highest BCUT2D eigenvalue weighted by atomic mass is 16.3. The fourth-order valence-corrected chi connectivity index (χ4v) is 10.5. The molecule has 0 unspecified atom stereocenters. The zero-order valence-corrected chi connectivity index (χ0v) is 38.8. The molecule has 16 aliphatic heterocycles. The van der Waals surface area contributed by atoms with Crippen LogP contribution in [0.3, 0.4) is 0 Å². The topological polar surface area (TPSA) is 64.7 Å². The summed E-state index contributed by atoms with van der Waals surface area (Å²) in [6.07, 6.45) is 17.5. The molecule has 0 atom stereocenters. The Hall–Kier alpha value is -7.50. The third-order valence-electron chi connectivity index (χ3n) is 14.4. The molecule has 5 aromatic heterocycles. The van der Waals surface area contributed by atoms with E-state index in [9.17, 15) is 0 Å². The molecule has 18 bridgehead atoms. The Balaban J connectivity index is 0.973. The van der Waals surface area contributed by atoms with Crippen LogP contribution in [0.15, 0.2) is 169 Å². The summed E-state index contributed by atoms with van der Waals surface area (Å²) in [5.74, 6) is 0. The Morgan fingerprint density at radius 3 is 1.19 bits per heavy atom. The summed E-state index contributed by atoms with van der Waals surface area (Å²) >= 11 is 0. The molecule has 10 aromatic rings. The molecule has 0 saturated heterocycles. The molecule has 21 heterocycles. The number of rotatable bonds is 0. The van der Waals surface area contributed by atoms with Crippen LogP contribution in [-0.4, -0.2) is 19.9 Å². The van der Waals surface area contributed by atoms with Gasteiger partial charge in [-0.05, 0) is 187 Å². The molecule has 0 radical (unpaired) electrons. The number of furan rings is 1. The van der Waals surface area contributed by atoms with Gasteiger partial charge >= 0.3 is 0 Å². The molecule has 0 spiro atoms. The summed E-state index contributed by atoms with van der Waals surface area (Å²) in [7, 11) is 0. The number of benzene rings is 5. The van der Waals surface area contributed by atoms with Crippen molar-refractivity contribution >= 4 is 22.1 Å². The quantitative estimate of drug-likeness (QED) is 0.152. The lowest BCUT2D eigenvalue weighted by Gasteiger charge is -2.13. The van der Waals surface area contributed by atoms with Crippen LogP contribution in [0.2, 0.25) is 0 Å². The van der Waals surface area contributed by atoms with E-state index >= 15 is 0 Å². The SMILES string of the molecule is Cc1ccc2c(n1)oc1c3ccc(c12)CCc1cc2cc(c1)CCc1ccc(cc1)-c1ccc(cn1)CCc1cc(cc(c1)CCc1ccc-3nc1)CCc1ccc(nc1)-c1ccc(cc1)CC2. The van der Waals surface area contributed by atoms with E-state index in [0.29, 0.717) is 5.71 Å². The first-order chi connectivity index (χ1) is 33.5. The zero-order valence-electron chi connectivity index (χ0n) is 38.8. The predicted octanol–water partition coefficient (Wildman–Crippen LogP) is 13.8. The van der Waals surface area contributed by atoms with Gasteiger partial charge in [0.15, 0.2) is 0 Å². The second kappa shape index (κ2) is 18.3. The van der Waals surface area contributed by atoms with Gasteiger partial charge in [-0.25, -0.2) is 4.98 Å². The van der Waals surface area contributed by atoms with Crippen LogP contribution in [0, 0.1) is 6.92 Å². The smallest absolute Gasteiger partial charge is 0.227 e. The number of nitrogens with zero attached hydrogens (tertiary/aromatic N) is 4. The number of aromatic nitrogens is 4. The number of hydrogen-bond acceptors (Lipinski definition) is 5. The largest absolute Gasteiger partial charge is 0.437 e. The Kier molecular flexibility index (Phi) is 11.3. The fourth-order valence-electron chi connectivity index (χ4n) is 10.5. The highest BCUT2D eigenvalue weighted by Crippen LogP contribution is 2.38. The van der Waals surface area contributed by atoms with Gasteiger partial charge in [0.25, 0.3) is 0 Å². The lowest BCUT2D eigenvalue weighted by Crippen LogP contribution is -2.01. The molecule has 5 nitrogen and oxygen atoms in total. The van der Waals surface area contributed by atoms with Crippen molar-refractivity contribution in [1.29, 1.82) is 0 Å². The van der Waals surface area contributed by atoms with E-state index in [-0.39, 0.29) is 0 Å². The molecule has 5 aromatic carbocycles. The molecular formula is C63H54N4O. The summed E-state index contributed by atoms with van der Waals surface area (Å²) < 4.78 is 6.70. The van der Waals surface area contributed by atoms with E-state index in [1.807, 2.05) is 6.92 Å². The molecule has 11 aliphatic carbocycles. The predicted molar refractivity (Wildman–Crippen MR) is 276 cm³/mol. The normalized spacial score (nSPS) is 14.1. The average molecular weight is 883 g/mol. The number of hydrogen-bond donors (Lipinski definition) is 0. The van der Waals surface area contributed by atoms with E-state index in [1.54, 1.807) is 0 Å². The maximum atomic E-state index is 6.70. The minimum absolute atomic E-state index is 0.683. The summed E-state index contributed by atoms with van der Waals surface area (Å²) in [5, 5.41) is 2.20. The van der Waals surface area contributed by atoms with Gasteiger partial charge in [0.2, 0.25) is 5.71 Å². The molecule has 27 aliphatic rings. The molecule has 68 heavy (non-hydrogen) atoms. The van der Waals surface area contributed by atoms with Crippen molar-refractivity contribution in [2.24, 2.45) is 0 Å². The van der Waals surface area contributed by atoms with Crippen LogP contribution in [0.4, 0.5) is 0 Å². The molecule has 0 fully saturated rings. The van der Waals surface area contributed by atoms with Gasteiger partial charge in [-0.3, -0.25) is 15.0 Å². The van der Waals surface area contributed by atoms with E-state index in [2.05, 4.69) is 164 Å². The first kappa shape index (κ1) is 41.9. The number of aryl methyl sites for hydroxylation is 13. The maximum Gasteiger partial charge on any atom is 0.227 e. The van der Waals surface area contributed by atoms with Gasteiger partial charge in [0.1, 0.15) is 5.58 Å². The van der Waals surface area contributed by atoms with Gasteiger partial charge in [-0.1, -0.05) is 109 Å². The van der Waals surface area contributed by atoms with Crippen LogP contribution < -0.4 is 0 Å². The molecular weight excluding hydrogens is 829 g/mol. The number of fused-ring (bicyclic) bond motifs is 1. The van der Waals surface area contributed by atoms with Gasteiger partial charge in [0, 0.05) is 51.7 Å². The van der Waals surface area contributed by atoms with Crippen LogP contribution in [0.5, 0.6) is 0 Å². The van der Waals surface area contributed by atoms with E-state index < -0.39 is 0 Å². The maximum absolute atomic E-state index is 6.70. The highest BCUT2D eigenvalue weighted by molar-refractivity contribution is 6.10. The first-order valence-corrected chi connectivity index (χ1v) is 24.6. The number of pyridine rings is 4. The molecule has 332 valence electrons. The minimum Gasteiger partial charge on any atom is -0.437 e.